The molecule has 3 aromatic rings. The Balaban J connectivity index is 1.93. The summed E-state index contributed by atoms with van der Waals surface area (Å²) in [6.07, 6.45) is 5.29. The molecule has 1 aliphatic rings. The zero-order chi connectivity index (χ0) is 17.6. The Morgan fingerprint density at radius 2 is 1.80 bits per heavy atom. The third-order valence-corrected chi connectivity index (χ3v) is 4.47. The van der Waals surface area contributed by atoms with Crippen LogP contribution in [0.15, 0.2) is 18.3 Å². The molecule has 2 heterocycles. The molecular weight excluding hydrogens is 355 g/mol. The number of nitrogens with one attached hydrogen (secondary N) is 1. The highest BCUT2D eigenvalue weighted by atomic mass is 35.5. The van der Waals surface area contributed by atoms with Crippen molar-refractivity contribution in [2.24, 2.45) is 0 Å². The summed E-state index contributed by atoms with van der Waals surface area (Å²) in [5, 5.41) is 7.28. The van der Waals surface area contributed by atoms with Crippen molar-refractivity contribution in [1.29, 1.82) is 0 Å². The number of halogens is 4. The van der Waals surface area contributed by atoms with Crippen LogP contribution < -0.4 is 5.32 Å². The standard InChI is InChI=1S/C16H13ClF3N5/c17-15-23-16-21-7-10(13-11(19)5-8(18)6-12(13)20)14(25(16)24-15)22-9-3-1-2-4-9/h5-7,9,22H,1-4H2. The van der Waals surface area contributed by atoms with Gasteiger partial charge in [-0.05, 0) is 24.4 Å². The van der Waals surface area contributed by atoms with E-state index in [-0.39, 0.29) is 28.2 Å². The number of rotatable bonds is 3. The summed E-state index contributed by atoms with van der Waals surface area (Å²) in [5.74, 6) is -2.47. The lowest BCUT2D eigenvalue weighted by Crippen LogP contribution is -2.18. The molecule has 0 aliphatic heterocycles. The topological polar surface area (TPSA) is 55.1 Å². The van der Waals surface area contributed by atoms with Crippen LogP contribution in [0.1, 0.15) is 25.7 Å². The second kappa shape index (κ2) is 6.18. The van der Waals surface area contributed by atoms with E-state index in [1.54, 1.807) is 0 Å². The van der Waals surface area contributed by atoms with Crippen LogP contribution in [0, 0.1) is 17.5 Å². The average molecular weight is 368 g/mol. The van der Waals surface area contributed by atoms with Crippen molar-refractivity contribution in [2.45, 2.75) is 31.7 Å². The van der Waals surface area contributed by atoms with Crippen LogP contribution in [0.2, 0.25) is 5.28 Å². The second-order valence-electron chi connectivity index (χ2n) is 5.98. The fraction of sp³-hybridized carbons (Fsp3) is 0.312. The van der Waals surface area contributed by atoms with Gasteiger partial charge in [0.05, 0.1) is 5.56 Å². The van der Waals surface area contributed by atoms with E-state index in [0.29, 0.717) is 18.0 Å². The van der Waals surface area contributed by atoms with Crippen molar-refractivity contribution in [1.82, 2.24) is 19.6 Å². The molecule has 0 unspecified atom stereocenters. The van der Waals surface area contributed by atoms with Crippen molar-refractivity contribution < 1.29 is 13.2 Å². The smallest absolute Gasteiger partial charge is 0.255 e. The number of aromatic nitrogens is 4. The van der Waals surface area contributed by atoms with Gasteiger partial charge >= 0.3 is 0 Å². The largest absolute Gasteiger partial charge is 0.367 e. The highest BCUT2D eigenvalue weighted by Gasteiger charge is 2.24. The van der Waals surface area contributed by atoms with Gasteiger partial charge in [-0.25, -0.2) is 18.2 Å². The summed E-state index contributed by atoms with van der Waals surface area (Å²) in [7, 11) is 0. The molecule has 1 N–H and O–H groups in total. The van der Waals surface area contributed by atoms with Gasteiger partial charge in [0.2, 0.25) is 5.28 Å². The van der Waals surface area contributed by atoms with Gasteiger partial charge in [-0.1, -0.05) is 12.8 Å². The van der Waals surface area contributed by atoms with Crippen molar-refractivity contribution in [3.8, 4) is 11.1 Å². The van der Waals surface area contributed by atoms with E-state index in [9.17, 15) is 13.2 Å². The molecule has 1 fully saturated rings. The first kappa shape index (κ1) is 16.1. The Bertz CT molecular complexity index is 929. The second-order valence-corrected chi connectivity index (χ2v) is 6.32. The number of benzene rings is 1. The van der Waals surface area contributed by atoms with Gasteiger partial charge in [-0.3, -0.25) is 0 Å². The predicted octanol–water partition coefficient (Wildman–Crippen LogP) is 4.22. The lowest BCUT2D eigenvalue weighted by molar-refractivity contribution is 0.547. The Labute approximate surface area is 145 Å². The minimum atomic E-state index is -1.01. The molecule has 0 spiro atoms. The van der Waals surface area contributed by atoms with E-state index < -0.39 is 17.5 Å². The van der Waals surface area contributed by atoms with Gasteiger partial charge in [0.1, 0.15) is 23.3 Å². The van der Waals surface area contributed by atoms with E-state index in [1.165, 1.54) is 10.7 Å². The van der Waals surface area contributed by atoms with Crippen LogP contribution >= 0.6 is 11.6 Å². The number of hydrogen-bond acceptors (Lipinski definition) is 4. The molecule has 1 aromatic carbocycles. The molecule has 0 bridgehead atoms. The molecule has 5 nitrogen and oxygen atoms in total. The molecule has 2 aromatic heterocycles. The van der Waals surface area contributed by atoms with Gasteiger partial charge in [-0.15, -0.1) is 5.10 Å². The van der Waals surface area contributed by atoms with Crippen molar-refractivity contribution in [3.63, 3.8) is 0 Å². The zero-order valence-electron chi connectivity index (χ0n) is 12.9. The summed E-state index contributed by atoms with van der Waals surface area (Å²) >= 11 is 5.84. The van der Waals surface area contributed by atoms with Crippen LogP contribution in [0.3, 0.4) is 0 Å². The lowest BCUT2D eigenvalue weighted by Gasteiger charge is -2.18. The summed E-state index contributed by atoms with van der Waals surface area (Å²) in [4.78, 5) is 8.02. The highest BCUT2D eigenvalue weighted by Crippen LogP contribution is 2.34. The van der Waals surface area contributed by atoms with Gasteiger partial charge in [0, 0.05) is 29.9 Å². The Morgan fingerprint density at radius 3 is 2.48 bits per heavy atom. The third-order valence-electron chi connectivity index (χ3n) is 4.31. The molecule has 130 valence electrons. The fourth-order valence-corrected chi connectivity index (χ4v) is 3.35. The molecular formula is C16H13ClF3N5. The van der Waals surface area contributed by atoms with Crippen LogP contribution in [0.25, 0.3) is 16.9 Å². The molecule has 9 heteroatoms. The van der Waals surface area contributed by atoms with Crippen LogP contribution in [-0.2, 0) is 0 Å². The van der Waals surface area contributed by atoms with Gasteiger partial charge in [0.25, 0.3) is 5.78 Å². The van der Waals surface area contributed by atoms with Crippen LogP contribution in [0.5, 0.6) is 0 Å². The minimum absolute atomic E-state index is 0.0285. The molecule has 1 saturated carbocycles. The molecule has 25 heavy (non-hydrogen) atoms. The maximum absolute atomic E-state index is 14.3. The van der Waals surface area contributed by atoms with E-state index in [1.807, 2.05) is 0 Å². The fourth-order valence-electron chi connectivity index (χ4n) is 3.20. The Kier molecular flexibility index (Phi) is 3.99. The Hall–Kier alpha value is -2.35. The average Bonchev–Trinajstić information content (AvgIpc) is 3.16. The monoisotopic (exact) mass is 367 g/mol. The van der Waals surface area contributed by atoms with Gasteiger partial charge in [-0.2, -0.15) is 9.50 Å². The van der Waals surface area contributed by atoms with Gasteiger partial charge in [0.15, 0.2) is 0 Å². The Morgan fingerprint density at radius 1 is 1.12 bits per heavy atom. The zero-order valence-corrected chi connectivity index (χ0v) is 13.7. The predicted molar refractivity (Wildman–Crippen MR) is 87.0 cm³/mol. The first-order chi connectivity index (χ1) is 12.0. The number of hydrogen-bond donors (Lipinski definition) is 1. The molecule has 0 atom stereocenters. The molecule has 0 saturated heterocycles. The van der Waals surface area contributed by atoms with Gasteiger partial charge < -0.3 is 5.32 Å². The van der Waals surface area contributed by atoms with E-state index in [0.717, 1.165) is 25.7 Å². The van der Waals surface area contributed by atoms with Crippen molar-refractivity contribution in [3.05, 3.63) is 41.1 Å². The normalized spacial score (nSPS) is 15.2. The molecule has 1 aliphatic carbocycles. The first-order valence-electron chi connectivity index (χ1n) is 7.85. The SMILES string of the molecule is Fc1cc(F)c(-c2cnc3nc(Cl)nn3c2NC2CCCC2)c(F)c1. The first-order valence-corrected chi connectivity index (χ1v) is 8.23. The third kappa shape index (κ3) is 2.90. The van der Waals surface area contributed by atoms with Crippen molar-refractivity contribution in [2.75, 3.05) is 5.32 Å². The van der Waals surface area contributed by atoms with Crippen LogP contribution in [-0.4, -0.2) is 25.6 Å². The molecule has 4 rings (SSSR count). The summed E-state index contributed by atoms with van der Waals surface area (Å²) in [6.45, 7) is 0. The van der Waals surface area contributed by atoms with E-state index >= 15 is 0 Å². The van der Waals surface area contributed by atoms with Crippen molar-refractivity contribution >= 4 is 23.2 Å². The number of fused-ring (bicyclic) bond motifs is 1. The number of anilines is 1. The van der Waals surface area contributed by atoms with E-state index in [2.05, 4.69) is 20.4 Å². The maximum Gasteiger partial charge on any atom is 0.255 e. The van der Waals surface area contributed by atoms with E-state index in [4.69, 9.17) is 11.6 Å². The number of nitrogens with zero attached hydrogens (tertiary/aromatic N) is 4. The molecule has 0 radical (unpaired) electrons. The summed E-state index contributed by atoms with van der Waals surface area (Å²) in [5.41, 5.74) is -0.237. The highest BCUT2D eigenvalue weighted by molar-refractivity contribution is 6.28. The molecule has 0 amide bonds. The lowest BCUT2D eigenvalue weighted by atomic mass is 10.1. The minimum Gasteiger partial charge on any atom is -0.367 e. The quantitative estimate of drug-likeness (QED) is 0.753. The summed E-state index contributed by atoms with van der Waals surface area (Å²) < 4.78 is 43.1. The summed E-state index contributed by atoms with van der Waals surface area (Å²) in [6, 6.07) is 1.41. The van der Waals surface area contributed by atoms with Crippen LogP contribution in [0.4, 0.5) is 19.0 Å². The maximum atomic E-state index is 14.3.